The van der Waals surface area contributed by atoms with Crippen LogP contribution < -0.4 is 5.43 Å². The van der Waals surface area contributed by atoms with Crippen LogP contribution in [0.5, 0.6) is 0 Å². The molecule has 2 heterocycles. The summed E-state index contributed by atoms with van der Waals surface area (Å²) in [6.45, 7) is -0.151. The molecule has 126 valence electrons. The van der Waals surface area contributed by atoms with Crippen LogP contribution in [-0.4, -0.2) is 37.3 Å². The molecule has 1 N–H and O–H groups in total. The summed E-state index contributed by atoms with van der Waals surface area (Å²) < 4.78 is 0. The maximum Gasteiger partial charge on any atom is 0.324 e. The third-order valence-electron chi connectivity index (χ3n) is 2.94. The van der Waals surface area contributed by atoms with E-state index in [0.717, 1.165) is 21.7 Å². The molecule has 1 aromatic carbocycles. The van der Waals surface area contributed by atoms with Gasteiger partial charge in [-0.15, -0.1) is 10.2 Å². The lowest BCUT2D eigenvalue weighted by Gasteiger charge is -1.97. The highest BCUT2D eigenvalue weighted by Crippen LogP contribution is 2.22. The van der Waals surface area contributed by atoms with Gasteiger partial charge < -0.3 is 0 Å². The molecule has 10 nitrogen and oxygen atoms in total. The summed E-state index contributed by atoms with van der Waals surface area (Å²) in [6, 6.07) is 12.2. The van der Waals surface area contributed by atoms with E-state index in [-0.39, 0.29) is 11.5 Å². The standard InChI is InChI=1S/C14H11N7O3S/c22-12(16-15-8-11-6-7-13(25-11)21(23)24)9-20-18-14(17-19-20)10-4-2-1-3-5-10/h1-8H,9H2,(H,16,22)/b15-8-. The molecule has 0 saturated heterocycles. The molecule has 0 bridgehead atoms. The van der Waals surface area contributed by atoms with Gasteiger partial charge in [0.05, 0.1) is 16.0 Å². The van der Waals surface area contributed by atoms with Crippen molar-refractivity contribution >= 4 is 28.5 Å². The van der Waals surface area contributed by atoms with E-state index in [9.17, 15) is 14.9 Å². The average Bonchev–Trinajstić information content (AvgIpc) is 3.25. The Morgan fingerprint density at radius 1 is 1.32 bits per heavy atom. The Balaban J connectivity index is 1.55. The number of benzene rings is 1. The van der Waals surface area contributed by atoms with E-state index in [0.29, 0.717) is 10.7 Å². The molecular formula is C14H11N7O3S. The first-order chi connectivity index (χ1) is 12.1. The van der Waals surface area contributed by atoms with Crippen molar-refractivity contribution in [3.63, 3.8) is 0 Å². The van der Waals surface area contributed by atoms with Crippen LogP contribution in [0, 0.1) is 10.1 Å². The summed E-state index contributed by atoms with van der Waals surface area (Å²) >= 11 is 0.958. The first-order valence-electron chi connectivity index (χ1n) is 7.01. The Hall–Kier alpha value is -3.47. The Kier molecular flexibility index (Phi) is 4.85. The topological polar surface area (TPSA) is 128 Å². The lowest BCUT2D eigenvalue weighted by Crippen LogP contribution is -2.24. The number of nitro groups is 1. The second-order valence-corrected chi connectivity index (χ2v) is 5.83. The number of nitrogens with one attached hydrogen (secondary N) is 1. The van der Waals surface area contributed by atoms with E-state index in [4.69, 9.17) is 0 Å². The molecule has 3 aromatic rings. The molecule has 3 rings (SSSR count). The van der Waals surface area contributed by atoms with Crippen molar-refractivity contribution in [3.05, 3.63) is 57.5 Å². The number of carbonyl (C=O) groups is 1. The normalized spacial score (nSPS) is 10.9. The van der Waals surface area contributed by atoms with Gasteiger partial charge in [0.15, 0.2) is 0 Å². The predicted molar refractivity (Wildman–Crippen MR) is 90.0 cm³/mol. The van der Waals surface area contributed by atoms with Gasteiger partial charge in [-0.3, -0.25) is 14.9 Å². The van der Waals surface area contributed by atoms with Gasteiger partial charge in [0.25, 0.3) is 5.91 Å². The molecule has 0 fully saturated rings. The van der Waals surface area contributed by atoms with Gasteiger partial charge >= 0.3 is 5.00 Å². The van der Waals surface area contributed by atoms with Crippen molar-refractivity contribution in [2.45, 2.75) is 6.54 Å². The maximum absolute atomic E-state index is 11.8. The van der Waals surface area contributed by atoms with Gasteiger partial charge in [-0.25, -0.2) is 5.43 Å². The quantitative estimate of drug-likeness (QED) is 0.404. The van der Waals surface area contributed by atoms with E-state index in [1.54, 1.807) is 6.07 Å². The van der Waals surface area contributed by atoms with E-state index >= 15 is 0 Å². The molecule has 0 aliphatic rings. The van der Waals surface area contributed by atoms with Gasteiger partial charge in [-0.05, 0) is 11.3 Å². The molecule has 25 heavy (non-hydrogen) atoms. The average molecular weight is 357 g/mol. The second kappa shape index (κ2) is 7.40. The number of nitrogens with zero attached hydrogens (tertiary/aromatic N) is 6. The zero-order chi connectivity index (χ0) is 17.6. The van der Waals surface area contributed by atoms with Crippen molar-refractivity contribution in [1.82, 2.24) is 25.6 Å². The van der Waals surface area contributed by atoms with Crippen LogP contribution in [0.2, 0.25) is 0 Å². The lowest BCUT2D eigenvalue weighted by molar-refractivity contribution is -0.380. The Morgan fingerprint density at radius 2 is 2.12 bits per heavy atom. The zero-order valence-electron chi connectivity index (χ0n) is 12.6. The number of rotatable bonds is 6. The van der Waals surface area contributed by atoms with Gasteiger partial charge in [-0.2, -0.15) is 9.90 Å². The fourth-order valence-corrected chi connectivity index (χ4v) is 2.55. The van der Waals surface area contributed by atoms with Crippen molar-refractivity contribution in [2.75, 3.05) is 0 Å². The summed E-state index contributed by atoms with van der Waals surface area (Å²) in [7, 11) is 0. The SMILES string of the molecule is O=C(Cn1nnc(-c2ccccc2)n1)N/N=C\c1ccc([N+](=O)[O-])s1. The van der Waals surface area contributed by atoms with Crippen molar-refractivity contribution in [1.29, 1.82) is 0 Å². The fourth-order valence-electron chi connectivity index (χ4n) is 1.85. The van der Waals surface area contributed by atoms with Crippen LogP contribution in [0.4, 0.5) is 5.00 Å². The highest BCUT2D eigenvalue weighted by Gasteiger charge is 2.09. The molecule has 0 aliphatic heterocycles. The minimum absolute atomic E-state index is 0.00744. The van der Waals surface area contributed by atoms with Crippen LogP contribution in [0.25, 0.3) is 11.4 Å². The van der Waals surface area contributed by atoms with Gasteiger partial charge in [0.1, 0.15) is 6.54 Å². The zero-order valence-corrected chi connectivity index (χ0v) is 13.5. The molecule has 11 heteroatoms. The minimum atomic E-state index is -0.485. The second-order valence-electron chi connectivity index (χ2n) is 4.74. The Bertz CT molecular complexity index is 919. The highest BCUT2D eigenvalue weighted by molar-refractivity contribution is 7.16. The molecule has 0 atom stereocenters. The first-order valence-corrected chi connectivity index (χ1v) is 7.83. The van der Waals surface area contributed by atoms with E-state index in [1.807, 2.05) is 30.3 Å². The smallest absolute Gasteiger partial charge is 0.271 e. The van der Waals surface area contributed by atoms with Crippen molar-refractivity contribution in [3.8, 4) is 11.4 Å². The number of tetrazole rings is 1. The third-order valence-corrected chi connectivity index (χ3v) is 3.91. The number of hydrogen-bond donors (Lipinski definition) is 1. The summed E-state index contributed by atoms with van der Waals surface area (Å²) in [5.41, 5.74) is 3.10. The molecular weight excluding hydrogens is 346 g/mol. The van der Waals surface area contributed by atoms with Gasteiger partial charge in [0, 0.05) is 11.6 Å². The third kappa shape index (κ3) is 4.29. The molecule has 0 unspecified atom stereocenters. The number of hydrogen-bond acceptors (Lipinski definition) is 8. The Labute approximate surface area is 144 Å². The summed E-state index contributed by atoms with van der Waals surface area (Å²) in [6.07, 6.45) is 1.33. The lowest BCUT2D eigenvalue weighted by atomic mass is 10.2. The minimum Gasteiger partial charge on any atom is -0.271 e. The summed E-state index contributed by atoms with van der Waals surface area (Å²) in [5, 5.41) is 26.2. The predicted octanol–water partition coefficient (Wildman–Crippen LogP) is 1.46. The number of thiophene rings is 1. The molecule has 0 radical (unpaired) electrons. The number of carbonyl (C=O) groups excluding carboxylic acids is 1. The number of hydrazone groups is 1. The molecule has 0 aliphatic carbocycles. The maximum atomic E-state index is 11.8. The van der Waals surface area contributed by atoms with Crippen LogP contribution >= 0.6 is 11.3 Å². The van der Waals surface area contributed by atoms with Crippen LogP contribution in [-0.2, 0) is 11.3 Å². The van der Waals surface area contributed by atoms with Crippen molar-refractivity contribution in [2.24, 2.45) is 5.10 Å². The van der Waals surface area contributed by atoms with Crippen LogP contribution in [0.1, 0.15) is 4.88 Å². The monoisotopic (exact) mass is 357 g/mol. The number of amides is 1. The van der Waals surface area contributed by atoms with E-state index < -0.39 is 10.8 Å². The summed E-state index contributed by atoms with van der Waals surface area (Å²) in [5.74, 6) is -0.0258. The summed E-state index contributed by atoms with van der Waals surface area (Å²) in [4.78, 5) is 23.6. The van der Waals surface area contributed by atoms with E-state index in [2.05, 4.69) is 25.9 Å². The fraction of sp³-hybridized carbons (Fsp3) is 0.0714. The molecule has 0 spiro atoms. The highest BCUT2D eigenvalue weighted by atomic mass is 32.1. The first kappa shape index (κ1) is 16.4. The molecule has 0 saturated carbocycles. The van der Waals surface area contributed by atoms with E-state index in [1.165, 1.54) is 12.3 Å². The van der Waals surface area contributed by atoms with Crippen LogP contribution in [0.15, 0.2) is 47.6 Å². The number of aromatic nitrogens is 4. The van der Waals surface area contributed by atoms with Crippen molar-refractivity contribution < 1.29 is 9.72 Å². The van der Waals surface area contributed by atoms with Gasteiger partial charge in [0.2, 0.25) is 5.82 Å². The molecule has 2 aromatic heterocycles. The molecule has 1 amide bonds. The van der Waals surface area contributed by atoms with Gasteiger partial charge in [-0.1, -0.05) is 41.7 Å². The largest absolute Gasteiger partial charge is 0.324 e. The Morgan fingerprint density at radius 3 is 2.84 bits per heavy atom. The van der Waals surface area contributed by atoms with Crippen LogP contribution in [0.3, 0.4) is 0 Å².